The first kappa shape index (κ1) is 14.1. The summed E-state index contributed by atoms with van der Waals surface area (Å²) in [7, 11) is 1.99. The highest BCUT2D eigenvalue weighted by Gasteiger charge is 2.09. The second-order valence-electron chi connectivity index (χ2n) is 4.25. The lowest BCUT2D eigenvalue weighted by Crippen LogP contribution is -2.17. The van der Waals surface area contributed by atoms with Crippen LogP contribution in [-0.4, -0.2) is 7.05 Å². The van der Waals surface area contributed by atoms with Gasteiger partial charge in [-0.25, -0.2) is 0 Å². The summed E-state index contributed by atoms with van der Waals surface area (Å²) < 4.78 is 1.10. The molecule has 0 aliphatic heterocycles. The van der Waals surface area contributed by atoms with E-state index in [4.69, 9.17) is 5.73 Å². The minimum absolute atomic E-state index is 0.455. The predicted octanol–water partition coefficient (Wildman–Crippen LogP) is 3.48. The van der Waals surface area contributed by atoms with E-state index in [1.165, 1.54) is 4.88 Å². The van der Waals surface area contributed by atoms with E-state index in [0.717, 1.165) is 22.3 Å². The van der Waals surface area contributed by atoms with Gasteiger partial charge in [0.2, 0.25) is 0 Å². The molecule has 2 N–H and O–H groups in total. The van der Waals surface area contributed by atoms with Gasteiger partial charge >= 0.3 is 0 Å². The van der Waals surface area contributed by atoms with Crippen molar-refractivity contribution in [3.63, 3.8) is 0 Å². The first-order valence-corrected chi connectivity index (χ1v) is 7.48. The maximum absolute atomic E-state index is 9.24. The number of nitrogens with two attached hydrogens (primary N) is 1. The Morgan fingerprint density at radius 1 is 1.42 bits per heavy atom. The first-order valence-electron chi connectivity index (χ1n) is 5.81. The average molecular weight is 336 g/mol. The topological polar surface area (TPSA) is 53.0 Å². The highest BCUT2D eigenvalue weighted by atomic mass is 79.9. The molecular formula is C14H14BrN3S. The van der Waals surface area contributed by atoms with Gasteiger partial charge in [0.05, 0.1) is 17.8 Å². The Morgan fingerprint density at radius 3 is 2.79 bits per heavy atom. The smallest absolute Gasteiger partial charge is 0.101 e. The van der Waals surface area contributed by atoms with E-state index >= 15 is 0 Å². The predicted molar refractivity (Wildman–Crippen MR) is 83.2 cm³/mol. The molecule has 2 aromatic rings. The summed E-state index contributed by atoms with van der Waals surface area (Å²) in [5.41, 5.74) is 8.18. The number of benzene rings is 1. The summed E-state index contributed by atoms with van der Waals surface area (Å²) in [4.78, 5) is 3.33. The molecule has 1 aromatic heterocycles. The minimum atomic E-state index is 0.455. The SMILES string of the molecule is CN(Cc1cc(Br)cs1)c1ccc(CN)cc1C#N. The van der Waals surface area contributed by atoms with E-state index in [2.05, 4.69) is 38.3 Å². The second-order valence-corrected chi connectivity index (χ2v) is 6.17. The van der Waals surface area contributed by atoms with Crippen LogP contribution in [0.2, 0.25) is 0 Å². The molecule has 0 radical (unpaired) electrons. The molecule has 0 unspecified atom stereocenters. The van der Waals surface area contributed by atoms with Gasteiger partial charge in [-0.1, -0.05) is 6.07 Å². The van der Waals surface area contributed by atoms with Crippen LogP contribution in [0.3, 0.4) is 0 Å². The Balaban J connectivity index is 2.23. The maximum Gasteiger partial charge on any atom is 0.101 e. The largest absolute Gasteiger partial charge is 0.368 e. The highest BCUT2D eigenvalue weighted by molar-refractivity contribution is 9.10. The molecule has 1 heterocycles. The van der Waals surface area contributed by atoms with Crippen molar-refractivity contribution in [2.24, 2.45) is 5.73 Å². The van der Waals surface area contributed by atoms with Gasteiger partial charge in [0.1, 0.15) is 6.07 Å². The van der Waals surface area contributed by atoms with Crippen molar-refractivity contribution in [1.29, 1.82) is 5.26 Å². The lowest BCUT2D eigenvalue weighted by molar-refractivity contribution is 0.935. The standard InChI is InChI=1S/C14H14BrN3S/c1-18(8-13-5-12(15)9-19-13)14-3-2-10(6-16)4-11(14)7-17/h2-5,9H,6,8,16H2,1H3. The van der Waals surface area contributed by atoms with Crippen molar-refractivity contribution in [3.8, 4) is 6.07 Å². The van der Waals surface area contributed by atoms with Crippen LogP contribution >= 0.6 is 27.3 Å². The van der Waals surface area contributed by atoms with Gasteiger partial charge < -0.3 is 10.6 Å². The van der Waals surface area contributed by atoms with Crippen molar-refractivity contribution < 1.29 is 0 Å². The fraction of sp³-hybridized carbons (Fsp3) is 0.214. The molecule has 0 bridgehead atoms. The minimum Gasteiger partial charge on any atom is -0.368 e. The number of hydrogen-bond donors (Lipinski definition) is 1. The Morgan fingerprint density at radius 2 is 2.21 bits per heavy atom. The fourth-order valence-electron chi connectivity index (χ4n) is 1.89. The van der Waals surface area contributed by atoms with Gasteiger partial charge in [0.15, 0.2) is 0 Å². The number of nitrogens with zero attached hydrogens (tertiary/aromatic N) is 2. The van der Waals surface area contributed by atoms with Crippen molar-refractivity contribution in [2.75, 3.05) is 11.9 Å². The van der Waals surface area contributed by atoms with E-state index in [1.54, 1.807) is 11.3 Å². The van der Waals surface area contributed by atoms with Crippen LogP contribution in [0.25, 0.3) is 0 Å². The van der Waals surface area contributed by atoms with E-state index < -0.39 is 0 Å². The maximum atomic E-state index is 9.24. The van der Waals surface area contributed by atoms with Crippen molar-refractivity contribution in [2.45, 2.75) is 13.1 Å². The van der Waals surface area contributed by atoms with Crippen LogP contribution in [0.15, 0.2) is 34.1 Å². The molecule has 0 fully saturated rings. The summed E-state index contributed by atoms with van der Waals surface area (Å²) in [6.45, 7) is 1.24. The summed E-state index contributed by atoms with van der Waals surface area (Å²) in [6, 6.07) is 10.1. The molecule has 0 aliphatic carbocycles. The lowest BCUT2D eigenvalue weighted by atomic mass is 10.1. The Hall–Kier alpha value is -1.35. The van der Waals surface area contributed by atoms with Crippen LogP contribution in [-0.2, 0) is 13.1 Å². The highest BCUT2D eigenvalue weighted by Crippen LogP contribution is 2.25. The molecule has 3 nitrogen and oxygen atoms in total. The average Bonchev–Trinajstić information content (AvgIpc) is 2.83. The number of halogens is 1. The molecule has 98 valence electrons. The molecule has 0 atom stereocenters. The zero-order chi connectivity index (χ0) is 13.8. The van der Waals surface area contributed by atoms with Gasteiger partial charge in [-0.15, -0.1) is 11.3 Å². The molecule has 0 saturated carbocycles. The second kappa shape index (κ2) is 6.20. The number of thiophene rings is 1. The molecule has 1 aromatic carbocycles. The molecule has 2 rings (SSSR count). The fourth-order valence-corrected chi connectivity index (χ4v) is 3.39. The van der Waals surface area contributed by atoms with Crippen LogP contribution in [0.4, 0.5) is 5.69 Å². The zero-order valence-corrected chi connectivity index (χ0v) is 13.0. The zero-order valence-electron chi connectivity index (χ0n) is 10.6. The van der Waals surface area contributed by atoms with Gasteiger partial charge in [0.25, 0.3) is 0 Å². The first-order chi connectivity index (χ1) is 9.13. The Labute approximate surface area is 125 Å². The van der Waals surface area contributed by atoms with Gasteiger partial charge in [-0.3, -0.25) is 0 Å². The molecule has 0 amide bonds. The molecular weight excluding hydrogens is 322 g/mol. The van der Waals surface area contributed by atoms with E-state index in [9.17, 15) is 5.26 Å². The van der Waals surface area contributed by atoms with Crippen LogP contribution < -0.4 is 10.6 Å². The molecule has 0 saturated heterocycles. The van der Waals surface area contributed by atoms with Crippen LogP contribution in [0.1, 0.15) is 16.0 Å². The summed E-state index contributed by atoms with van der Waals surface area (Å²) >= 11 is 5.15. The van der Waals surface area contributed by atoms with E-state index in [0.29, 0.717) is 12.1 Å². The van der Waals surface area contributed by atoms with Crippen LogP contribution in [0.5, 0.6) is 0 Å². The summed E-state index contributed by atoms with van der Waals surface area (Å²) in [5.74, 6) is 0. The quantitative estimate of drug-likeness (QED) is 0.930. The van der Waals surface area contributed by atoms with Crippen molar-refractivity contribution in [3.05, 3.63) is 50.1 Å². The summed E-state index contributed by atoms with van der Waals surface area (Å²) in [6.07, 6.45) is 0. The normalized spacial score (nSPS) is 10.2. The third kappa shape index (κ3) is 3.35. The third-order valence-electron chi connectivity index (χ3n) is 2.84. The number of nitriles is 1. The van der Waals surface area contributed by atoms with Crippen molar-refractivity contribution in [1.82, 2.24) is 0 Å². The Bertz CT molecular complexity index is 615. The molecule has 19 heavy (non-hydrogen) atoms. The van der Waals surface area contributed by atoms with Gasteiger partial charge in [-0.2, -0.15) is 5.26 Å². The Kier molecular flexibility index (Phi) is 4.59. The van der Waals surface area contributed by atoms with Crippen LogP contribution in [0, 0.1) is 11.3 Å². The third-order valence-corrected chi connectivity index (χ3v) is 4.53. The van der Waals surface area contributed by atoms with E-state index in [-0.39, 0.29) is 0 Å². The number of anilines is 1. The monoisotopic (exact) mass is 335 g/mol. The van der Waals surface area contributed by atoms with Gasteiger partial charge in [-0.05, 0) is 39.7 Å². The summed E-state index contributed by atoms with van der Waals surface area (Å²) in [5, 5.41) is 11.3. The van der Waals surface area contributed by atoms with E-state index in [1.807, 2.05) is 25.2 Å². The molecule has 0 aliphatic rings. The molecule has 0 spiro atoms. The number of hydrogen-bond acceptors (Lipinski definition) is 4. The lowest BCUT2D eigenvalue weighted by Gasteiger charge is -2.20. The van der Waals surface area contributed by atoms with Crippen molar-refractivity contribution >= 4 is 33.0 Å². The number of rotatable bonds is 4. The van der Waals surface area contributed by atoms with Gasteiger partial charge in [0, 0.05) is 28.3 Å². The molecule has 5 heteroatoms.